The summed E-state index contributed by atoms with van der Waals surface area (Å²) in [4.78, 5) is 21.1. The molecule has 3 aromatic carbocycles. The number of Topliss-reactive ketones (excluding diaryl/α,β-unsaturated/α-hetero) is 1. The van der Waals surface area contributed by atoms with Crippen molar-refractivity contribution in [1.29, 1.82) is 0 Å². The van der Waals surface area contributed by atoms with Gasteiger partial charge in [-0.3, -0.25) is 14.6 Å². The summed E-state index contributed by atoms with van der Waals surface area (Å²) >= 11 is 0. The standard InChI is InChI=1S/C34H45NO.C18H30N2O.C2H6/c1-26(22-30-15-16-31-11-5-6-12-33(31)24-30)34(36)32-13-7-10-27(14-17-32)23-28-18-20-35(21-19-28)25-29-8-3-2-4-9-29;1-4-19-12-10-18(11-13-19)20(15-21-3)14-9-17-8-6-5-7-16(17)2;1-2/h2-4,8-9,13,15-16,24,26-28H,5-7,10-12,14,17-23,25H2,1H3;5-8,18H,4,9-15H2,1-3H3;1-2H3/t26-,27?;;/m1../s1. The normalized spacial score (nSPS) is 20.0. The third-order valence-electron chi connectivity index (χ3n) is 13.9. The fraction of sp³-hybridized carbons (Fsp3) is 0.611. The van der Waals surface area contributed by atoms with Crippen LogP contribution >= 0.6 is 0 Å². The second-order valence-electron chi connectivity index (χ2n) is 18.0. The third-order valence-corrected chi connectivity index (χ3v) is 13.9. The first kappa shape index (κ1) is 47.0. The van der Waals surface area contributed by atoms with E-state index in [-0.39, 0.29) is 5.92 Å². The van der Waals surface area contributed by atoms with Gasteiger partial charge in [-0.2, -0.15) is 0 Å². The van der Waals surface area contributed by atoms with Crippen LogP contribution in [0.3, 0.4) is 0 Å². The molecule has 0 bridgehead atoms. The van der Waals surface area contributed by atoms with Crippen molar-refractivity contribution in [2.75, 3.05) is 53.1 Å². The van der Waals surface area contributed by atoms with Gasteiger partial charge < -0.3 is 9.64 Å². The number of piperidine rings is 2. The molecule has 2 saturated heterocycles. The number of rotatable bonds is 15. The van der Waals surface area contributed by atoms with E-state index < -0.39 is 0 Å². The van der Waals surface area contributed by atoms with Crippen LogP contribution in [0, 0.1) is 24.7 Å². The van der Waals surface area contributed by atoms with Crippen molar-refractivity contribution >= 4 is 5.78 Å². The molecule has 0 spiro atoms. The molecule has 2 atom stereocenters. The Kier molecular flexibility index (Phi) is 20.4. The molecule has 4 aliphatic rings. The molecule has 3 aromatic rings. The van der Waals surface area contributed by atoms with Crippen LogP contribution in [-0.2, 0) is 41.8 Å². The van der Waals surface area contributed by atoms with Crippen molar-refractivity contribution in [3.8, 4) is 0 Å². The van der Waals surface area contributed by atoms with Gasteiger partial charge in [0.05, 0.1) is 6.73 Å². The molecule has 324 valence electrons. The number of hydrogen-bond donors (Lipinski definition) is 0. The Hall–Kier alpha value is -3.09. The Bertz CT molecular complexity index is 1670. The molecule has 0 aromatic heterocycles. The van der Waals surface area contributed by atoms with E-state index in [9.17, 15) is 4.79 Å². The first-order valence-corrected chi connectivity index (χ1v) is 24.0. The van der Waals surface area contributed by atoms with E-state index in [0.29, 0.717) is 11.8 Å². The van der Waals surface area contributed by atoms with Gasteiger partial charge in [0, 0.05) is 32.2 Å². The maximum atomic E-state index is 13.4. The Balaban J connectivity index is 0.000000245. The first-order chi connectivity index (χ1) is 28.9. The quantitative estimate of drug-likeness (QED) is 0.143. The highest BCUT2D eigenvalue weighted by molar-refractivity contribution is 5.97. The number of carbonyl (C=O) groups excluding carboxylic acids is 1. The van der Waals surface area contributed by atoms with Crippen LogP contribution in [0.4, 0.5) is 0 Å². The Labute approximate surface area is 361 Å². The lowest BCUT2D eigenvalue weighted by Gasteiger charge is -2.38. The van der Waals surface area contributed by atoms with Crippen LogP contribution in [0.2, 0.25) is 0 Å². The zero-order valence-electron chi connectivity index (χ0n) is 38.2. The number of ether oxygens (including phenoxy) is 1. The van der Waals surface area contributed by atoms with Gasteiger partial charge in [0.1, 0.15) is 0 Å². The van der Waals surface area contributed by atoms with Gasteiger partial charge in [0.15, 0.2) is 5.78 Å². The average molecular weight is 804 g/mol. The fourth-order valence-electron chi connectivity index (χ4n) is 10.2. The lowest BCUT2D eigenvalue weighted by Crippen LogP contribution is -2.46. The lowest BCUT2D eigenvalue weighted by molar-refractivity contribution is -0.118. The highest BCUT2D eigenvalue weighted by Crippen LogP contribution is 2.34. The minimum Gasteiger partial charge on any atom is -0.369 e. The number of ketones is 1. The first-order valence-electron chi connectivity index (χ1n) is 24.0. The van der Waals surface area contributed by atoms with E-state index in [0.717, 1.165) is 62.9 Å². The van der Waals surface area contributed by atoms with Crippen LogP contribution in [0.5, 0.6) is 0 Å². The third kappa shape index (κ3) is 15.1. The van der Waals surface area contributed by atoms with Gasteiger partial charge in [-0.1, -0.05) is 107 Å². The number of likely N-dealkylation sites (tertiary alicyclic amines) is 2. The molecule has 59 heavy (non-hydrogen) atoms. The predicted molar refractivity (Wildman–Crippen MR) is 250 cm³/mol. The van der Waals surface area contributed by atoms with Crippen molar-refractivity contribution in [3.05, 3.63) is 118 Å². The summed E-state index contributed by atoms with van der Waals surface area (Å²) in [6, 6.07) is 27.3. The summed E-state index contributed by atoms with van der Waals surface area (Å²) < 4.78 is 5.44. The van der Waals surface area contributed by atoms with Gasteiger partial charge in [-0.25, -0.2) is 0 Å². The molecule has 0 radical (unpaired) electrons. The van der Waals surface area contributed by atoms with E-state index in [1.165, 1.54) is 137 Å². The highest BCUT2D eigenvalue weighted by Gasteiger charge is 2.27. The van der Waals surface area contributed by atoms with Crippen LogP contribution in [0.1, 0.15) is 132 Å². The monoisotopic (exact) mass is 804 g/mol. The zero-order valence-corrected chi connectivity index (χ0v) is 38.2. The van der Waals surface area contributed by atoms with Crippen LogP contribution in [-0.4, -0.2) is 79.6 Å². The molecule has 5 heteroatoms. The molecule has 0 N–H and O–H groups in total. The van der Waals surface area contributed by atoms with Crippen molar-refractivity contribution in [2.24, 2.45) is 17.8 Å². The van der Waals surface area contributed by atoms with Crippen LogP contribution in [0.25, 0.3) is 0 Å². The van der Waals surface area contributed by atoms with Gasteiger partial charge in [-0.15, -0.1) is 0 Å². The smallest absolute Gasteiger partial charge is 0.161 e. The van der Waals surface area contributed by atoms with Crippen molar-refractivity contribution in [1.82, 2.24) is 14.7 Å². The molecular formula is C54H81N3O2. The summed E-state index contributed by atoms with van der Waals surface area (Å²) in [5.41, 5.74) is 9.83. The number of benzene rings is 3. The average Bonchev–Trinajstić information content (AvgIpc) is 3.53. The molecule has 0 amide bonds. The maximum absolute atomic E-state index is 13.4. The number of hydrogen-bond acceptors (Lipinski definition) is 5. The number of nitrogens with zero attached hydrogens (tertiary/aromatic N) is 3. The van der Waals surface area contributed by atoms with Crippen molar-refractivity contribution < 1.29 is 9.53 Å². The molecule has 2 fully saturated rings. The molecule has 2 aliphatic heterocycles. The Morgan fingerprint density at radius 1 is 0.780 bits per heavy atom. The molecule has 7 rings (SSSR count). The number of methoxy groups -OCH3 is 1. The summed E-state index contributed by atoms with van der Waals surface area (Å²) in [6.45, 7) is 19.6. The number of fused-ring (bicyclic) bond motifs is 1. The second-order valence-corrected chi connectivity index (χ2v) is 18.0. The Morgan fingerprint density at radius 3 is 2.17 bits per heavy atom. The summed E-state index contributed by atoms with van der Waals surface area (Å²) in [5.74, 6) is 2.14. The van der Waals surface area contributed by atoms with E-state index in [4.69, 9.17) is 4.74 Å². The summed E-state index contributed by atoms with van der Waals surface area (Å²) in [7, 11) is 1.81. The highest BCUT2D eigenvalue weighted by atomic mass is 16.5. The van der Waals surface area contributed by atoms with Crippen LogP contribution < -0.4 is 0 Å². The number of allylic oxidation sites excluding steroid dienone is 2. The minimum absolute atomic E-state index is 0.0865. The molecule has 0 saturated carbocycles. The summed E-state index contributed by atoms with van der Waals surface area (Å²) in [5, 5.41) is 0. The molecule has 1 unspecified atom stereocenters. The van der Waals surface area contributed by atoms with E-state index >= 15 is 0 Å². The molecule has 2 aliphatic carbocycles. The minimum atomic E-state index is 0.0865. The van der Waals surface area contributed by atoms with E-state index in [2.05, 4.69) is 114 Å². The second kappa shape index (κ2) is 25.6. The molecular weight excluding hydrogens is 723 g/mol. The molecule has 5 nitrogen and oxygen atoms in total. The lowest BCUT2D eigenvalue weighted by atomic mass is 9.83. The van der Waals surface area contributed by atoms with Gasteiger partial charge in [0.25, 0.3) is 0 Å². The van der Waals surface area contributed by atoms with Gasteiger partial charge >= 0.3 is 0 Å². The number of aryl methyl sites for hydroxylation is 3. The van der Waals surface area contributed by atoms with Crippen molar-refractivity contribution in [3.63, 3.8) is 0 Å². The predicted octanol–water partition coefficient (Wildman–Crippen LogP) is 11.7. The van der Waals surface area contributed by atoms with Gasteiger partial charge in [0.2, 0.25) is 0 Å². The summed E-state index contributed by atoms with van der Waals surface area (Å²) in [6.07, 6.45) is 20.5. The largest absolute Gasteiger partial charge is 0.369 e. The zero-order chi connectivity index (χ0) is 41.8. The van der Waals surface area contributed by atoms with Crippen LogP contribution in [0.15, 0.2) is 84.4 Å². The number of carbonyl (C=O) groups is 1. The Morgan fingerprint density at radius 2 is 1.46 bits per heavy atom. The maximum Gasteiger partial charge on any atom is 0.161 e. The topological polar surface area (TPSA) is 36.0 Å². The van der Waals surface area contributed by atoms with Gasteiger partial charge in [-0.05, 0) is 187 Å². The molecule has 2 heterocycles. The van der Waals surface area contributed by atoms with E-state index in [1.54, 1.807) is 0 Å². The fourth-order valence-corrected chi connectivity index (χ4v) is 10.2. The van der Waals surface area contributed by atoms with Crippen molar-refractivity contribution in [2.45, 2.75) is 144 Å². The SMILES string of the molecule is CC.CCN1CCC(N(CCc2ccccc2C)COC)CC1.C[C@H](Cc1ccc2c(c1)CCCC2)C(=O)C1=CCCC(CC2CCN(Cc3ccccc3)CC2)CC1. The van der Waals surface area contributed by atoms with E-state index in [1.807, 2.05) is 21.0 Å².